The minimum absolute atomic E-state index is 0.00975. The van der Waals surface area contributed by atoms with Crippen LogP contribution in [0.15, 0.2) is 78.9 Å². The Morgan fingerprint density at radius 2 is 1.22 bits per heavy atom. The maximum absolute atomic E-state index is 12.7. The normalized spacial score (nSPS) is 11.2. The van der Waals surface area contributed by atoms with Gasteiger partial charge in [-0.15, -0.1) is 0 Å². The molecule has 0 saturated heterocycles. The number of rotatable bonds is 17. The van der Waals surface area contributed by atoms with Gasteiger partial charge >= 0.3 is 0 Å². The minimum atomic E-state index is 0.00975. The van der Waals surface area contributed by atoms with Crippen molar-refractivity contribution in [3.05, 3.63) is 95.6 Å². The largest absolute Gasteiger partial charge is 0.494 e. The SMILES string of the molecule is CCCCCCCCCCCOc1ccc(/C=C/C(=O)c2ccc(-c3ccc(CCC)cc3)cc2)cc1. The summed E-state index contributed by atoms with van der Waals surface area (Å²) in [7, 11) is 0. The number of hydrogen-bond acceptors (Lipinski definition) is 2. The first kappa shape index (κ1) is 28.4. The molecule has 0 N–H and O–H groups in total. The Balaban J connectivity index is 1.38. The zero-order valence-corrected chi connectivity index (χ0v) is 22.9. The van der Waals surface area contributed by atoms with Gasteiger partial charge in [-0.2, -0.15) is 0 Å². The van der Waals surface area contributed by atoms with E-state index in [1.54, 1.807) is 6.08 Å². The van der Waals surface area contributed by atoms with Gasteiger partial charge in [-0.1, -0.05) is 138 Å². The molecular formula is C35H44O2. The van der Waals surface area contributed by atoms with E-state index in [4.69, 9.17) is 4.74 Å². The standard InChI is InChI=1S/C35H44O2/c1-3-5-6-7-8-9-10-11-12-28-37-34-25-16-30(17-26-34)18-27-35(36)33-23-21-32(22-24-33)31-19-14-29(13-4-2)15-20-31/h14-27H,3-13,28H2,1-2H3/b27-18+. The van der Waals surface area contributed by atoms with Gasteiger partial charge in [0, 0.05) is 5.56 Å². The number of allylic oxidation sites excluding steroid dienone is 1. The van der Waals surface area contributed by atoms with Crippen LogP contribution in [0.25, 0.3) is 17.2 Å². The van der Waals surface area contributed by atoms with Crippen LogP contribution in [-0.2, 0) is 6.42 Å². The number of benzene rings is 3. The van der Waals surface area contributed by atoms with Crippen molar-refractivity contribution in [2.45, 2.75) is 84.5 Å². The summed E-state index contributed by atoms with van der Waals surface area (Å²) < 4.78 is 5.89. The highest BCUT2D eigenvalue weighted by atomic mass is 16.5. The molecule has 0 aromatic heterocycles. The van der Waals surface area contributed by atoms with Gasteiger partial charge < -0.3 is 4.74 Å². The molecule has 0 amide bonds. The van der Waals surface area contributed by atoms with Crippen LogP contribution in [-0.4, -0.2) is 12.4 Å². The summed E-state index contributed by atoms with van der Waals surface area (Å²) in [6.07, 6.45) is 17.6. The topological polar surface area (TPSA) is 26.3 Å². The van der Waals surface area contributed by atoms with E-state index in [2.05, 4.69) is 38.1 Å². The van der Waals surface area contributed by atoms with Crippen molar-refractivity contribution in [3.63, 3.8) is 0 Å². The Hall–Kier alpha value is -3.13. The first-order valence-electron chi connectivity index (χ1n) is 14.3. The van der Waals surface area contributed by atoms with Crippen LogP contribution in [0, 0.1) is 0 Å². The summed E-state index contributed by atoms with van der Waals surface area (Å²) in [6.45, 7) is 5.23. The van der Waals surface area contributed by atoms with Crippen molar-refractivity contribution in [2.75, 3.05) is 6.61 Å². The Kier molecular flexibility index (Phi) is 12.7. The zero-order valence-electron chi connectivity index (χ0n) is 22.9. The van der Waals surface area contributed by atoms with E-state index in [9.17, 15) is 4.79 Å². The van der Waals surface area contributed by atoms with Crippen LogP contribution >= 0.6 is 0 Å². The number of carbonyl (C=O) groups excluding carboxylic acids is 1. The van der Waals surface area contributed by atoms with Gasteiger partial charge in [0.15, 0.2) is 5.78 Å². The Labute approximate surface area is 224 Å². The highest BCUT2D eigenvalue weighted by molar-refractivity contribution is 6.07. The third-order valence-electron chi connectivity index (χ3n) is 6.82. The van der Waals surface area contributed by atoms with Gasteiger partial charge in [-0.3, -0.25) is 4.79 Å². The summed E-state index contributed by atoms with van der Waals surface area (Å²) in [5.74, 6) is 0.900. The number of aryl methyl sites for hydroxylation is 1. The molecule has 0 spiro atoms. The number of unbranched alkanes of at least 4 members (excludes halogenated alkanes) is 8. The van der Waals surface area contributed by atoms with Crippen molar-refractivity contribution >= 4 is 11.9 Å². The van der Waals surface area contributed by atoms with Crippen LogP contribution in [0.5, 0.6) is 5.75 Å². The molecule has 37 heavy (non-hydrogen) atoms. The fraction of sp³-hybridized carbons (Fsp3) is 0.400. The Morgan fingerprint density at radius 1 is 0.649 bits per heavy atom. The lowest BCUT2D eigenvalue weighted by molar-refractivity contribution is 0.104. The van der Waals surface area contributed by atoms with Gasteiger partial charge in [0.1, 0.15) is 5.75 Å². The molecule has 196 valence electrons. The molecule has 0 fully saturated rings. The van der Waals surface area contributed by atoms with Crippen LogP contribution < -0.4 is 4.74 Å². The van der Waals surface area contributed by atoms with Gasteiger partial charge in [0.05, 0.1) is 6.61 Å². The van der Waals surface area contributed by atoms with Crippen LogP contribution in [0.1, 0.15) is 99.5 Å². The number of ketones is 1. The summed E-state index contributed by atoms with van der Waals surface area (Å²) in [5, 5.41) is 0. The van der Waals surface area contributed by atoms with Crippen LogP contribution in [0.2, 0.25) is 0 Å². The smallest absolute Gasteiger partial charge is 0.185 e. The molecule has 3 aromatic rings. The average molecular weight is 497 g/mol. The second-order valence-electron chi connectivity index (χ2n) is 9.97. The predicted molar refractivity (Wildman–Crippen MR) is 158 cm³/mol. The van der Waals surface area contributed by atoms with E-state index >= 15 is 0 Å². The third-order valence-corrected chi connectivity index (χ3v) is 6.82. The third kappa shape index (κ3) is 10.4. The number of ether oxygens (including phenoxy) is 1. The fourth-order valence-corrected chi connectivity index (χ4v) is 4.53. The predicted octanol–water partition coefficient (Wildman–Crippen LogP) is 10.1. The summed E-state index contributed by atoms with van der Waals surface area (Å²) in [5.41, 5.74) is 5.36. The molecule has 0 radical (unpaired) electrons. The minimum Gasteiger partial charge on any atom is -0.494 e. The monoisotopic (exact) mass is 496 g/mol. The molecule has 0 unspecified atom stereocenters. The molecule has 0 heterocycles. The molecular weight excluding hydrogens is 452 g/mol. The average Bonchev–Trinajstić information content (AvgIpc) is 2.94. The van der Waals surface area contributed by atoms with Crippen LogP contribution in [0.3, 0.4) is 0 Å². The van der Waals surface area contributed by atoms with Gasteiger partial charge in [-0.05, 0) is 53.3 Å². The first-order chi connectivity index (χ1) is 18.2. The molecule has 2 nitrogen and oxygen atoms in total. The summed E-state index contributed by atoms with van der Waals surface area (Å²) in [4.78, 5) is 12.7. The molecule has 0 bridgehead atoms. The molecule has 3 aromatic carbocycles. The lowest BCUT2D eigenvalue weighted by Gasteiger charge is -2.06. The maximum Gasteiger partial charge on any atom is 0.185 e. The molecule has 3 rings (SSSR count). The zero-order chi connectivity index (χ0) is 26.1. The summed E-state index contributed by atoms with van der Waals surface area (Å²) in [6, 6.07) is 24.5. The molecule has 0 aliphatic rings. The molecule has 0 saturated carbocycles. The van der Waals surface area contributed by atoms with Crippen molar-refractivity contribution < 1.29 is 9.53 Å². The quantitative estimate of drug-likeness (QED) is 0.106. The van der Waals surface area contributed by atoms with E-state index in [0.29, 0.717) is 5.56 Å². The first-order valence-corrected chi connectivity index (χ1v) is 14.3. The highest BCUT2D eigenvalue weighted by Crippen LogP contribution is 2.21. The van der Waals surface area contributed by atoms with Crippen molar-refractivity contribution in [1.29, 1.82) is 0 Å². The van der Waals surface area contributed by atoms with Crippen molar-refractivity contribution in [3.8, 4) is 16.9 Å². The van der Waals surface area contributed by atoms with E-state index in [1.807, 2.05) is 54.6 Å². The second kappa shape index (κ2) is 16.6. The molecule has 0 aliphatic heterocycles. The van der Waals surface area contributed by atoms with Crippen molar-refractivity contribution in [2.24, 2.45) is 0 Å². The van der Waals surface area contributed by atoms with E-state index in [0.717, 1.165) is 42.7 Å². The second-order valence-corrected chi connectivity index (χ2v) is 9.97. The van der Waals surface area contributed by atoms with Gasteiger partial charge in [0.2, 0.25) is 0 Å². The lowest BCUT2D eigenvalue weighted by Crippen LogP contribution is -1.97. The number of carbonyl (C=O) groups is 1. The van der Waals surface area contributed by atoms with E-state index < -0.39 is 0 Å². The fourth-order valence-electron chi connectivity index (χ4n) is 4.53. The van der Waals surface area contributed by atoms with Gasteiger partial charge in [-0.25, -0.2) is 0 Å². The Bertz CT molecular complexity index is 1060. The number of hydrogen-bond donors (Lipinski definition) is 0. The highest BCUT2D eigenvalue weighted by Gasteiger charge is 2.04. The Morgan fingerprint density at radius 3 is 1.81 bits per heavy atom. The molecule has 0 aliphatic carbocycles. The van der Waals surface area contributed by atoms with Gasteiger partial charge in [0.25, 0.3) is 0 Å². The maximum atomic E-state index is 12.7. The molecule has 2 heteroatoms. The van der Waals surface area contributed by atoms with Crippen LogP contribution in [0.4, 0.5) is 0 Å². The van der Waals surface area contributed by atoms with E-state index in [-0.39, 0.29) is 5.78 Å². The lowest BCUT2D eigenvalue weighted by atomic mass is 10.00. The van der Waals surface area contributed by atoms with E-state index in [1.165, 1.54) is 62.5 Å². The van der Waals surface area contributed by atoms with Crippen molar-refractivity contribution in [1.82, 2.24) is 0 Å². The summed E-state index contributed by atoms with van der Waals surface area (Å²) >= 11 is 0. The molecule has 0 atom stereocenters.